The maximum Gasteiger partial charge on any atom is 0.184 e. The van der Waals surface area contributed by atoms with E-state index in [0.29, 0.717) is 0 Å². The van der Waals surface area contributed by atoms with Gasteiger partial charge >= 0.3 is 0 Å². The van der Waals surface area contributed by atoms with Crippen LogP contribution in [0.2, 0.25) is 0 Å². The number of hydrogen-bond donors (Lipinski definition) is 0. The summed E-state index contributed by atoms with van der Waals surface area (Å²) in [6, 6.07) is 13.9. The molecular formula is C18H18N2O2S3. The minimum absolute atomic E-state index is 0.733. The van der Waals surface area contributed by atoms with E-state index in [4.69, 9.17) is 21.7 Å². The van der Waals surface area contributed by atoms with Crippen LogP contribution in [-0.4, -0.2) is 24.0 Å². The summed E-state index contributed by atoms with van der Waals surface area (Å²) < 4.78 is 14.2. The molecule has 25 heavy (non-hydrogen) atoms. The molecule has 7 heteroatoms. The van der Waals surface area contributed by atoms with Crippen molar-refractivity contribution in [3.8, 4) is 17.2 Å². The molecule has 130 valence electrons. The van der Waals surface area contributed by atoms with Crippen LogP contribution in [0.15, 0.2) is 46.8 Å². The van der Waals surface area contributed by atoms with E-state index >= 15 is 0 Å². The monoisotopic (exact) mass is 390 g/mol. The van der Waals surface area contributed by atoms with Gasteiger partial charge in [0.15, 0.2) is 8.29 Å². The van der Waals surface area contributed by atoms with Gasteiger partial charge in [0.05, 0.1) is 19.9 Å². The Bertz CT molecular complexity index is 934. The molecule has 3 rings (SSSR count). The predicted molar refractivity (Wildman–Crippen MR) is 106 cm³/mol. The van der Waals surface area contributed by atoms with Gasteiger partial charge in [-0.1, -0.05) is 41.3 Å². The summed E-state index contributed by atoms with van der Waals surface area (Å²) in [4.78, 5) is 0. The average Bonchev–Trinajstić information content (AvgIpc) is 3.00. The third-order valence-corrected chi connectivity index (χ3v) is 6.13. The number of aromatic nitrogens is 2. The van der Waals surface area contributed by atoms with E-state index in [-0.39, 0.29) is 0 Å². The molecule has 0 aliphatic rings. The first-order valence-corrected chi connectivity index (χ1v) is 9.83. The molecule has 0 bridgehead atoms. The van der Waals surface area contributed by atoms with Gasteiger partial charge < -0.3 is 9.47 Å². The van der Waals surface area contributed by atoms with E-state index < -0.39 is 0 Å². The third-order valence-electron chi connectivity index (χ3n) is 3.71. The molecule has 0 fully saturated rings. The van der Waals surface area contributed by atoms with Crippen molar-refractivity contribution < 1.29 is 9.47 Å². The lowest BCUT2D eigenvalue weighted by Gasteiger charge is -2.09. The summed E-state index contributed by atoms with van der Waals surface area (Å²) in [6.45, 7) is 2.06. The molecule has 0 N–H and O–H groups in total. The standard InChI is InChI=1S/C18H18N2O2S3/c1-12-6-4-5-7-15(12)20-18(23)25-17(19-20)24-11-13-10-14(21-2)8-9-16(13)22-3/h4-10H,11H2,1-3H3. The fourth-order valence-electron chi connectivity index (χ4n) is 2.41. The molecular weight excluding hydrogens is 372 g/mol. The van der Waals surface area contributed by atoms with Crippen molar-refractivity contribution in [1.82, 2.24) is 9.78 Å². The first-order valence-electron chi connectivity index (χ1n) is 7.62. The molecule has 0 saturated carbocycles. The smallest absolute Gasteiger partial charge is 0.184 e. The molecule has 0 unspecified atom stereocenters. The summed E-state index contributed by atoms with van der Waals surface area (Å²) in [7, 11) is 3.33. The van der Waals surface area contributed by atoms with Crippen LogP contribution in [0.5, 0.6) is 11.5 Å². The zero-order chi connectivity index (χ0) is 17.8. The Labute approximate surface area is 160 Å². The highest BCUT2D eigenvalue weighted by Gasteiger charge is 2.11. The average molecular weight is 391 g/mol. The SMILES string of the molecule is COc1ccc(OC)c(CSc2nn(-c3ccccc3C)c(=S)s2)c1. The van der Waals surface area contributed by atoms with Gasteiger partial charge in [-0.2, -0.15) is 0 Å². The summed E-state index contributed by atoms with van der Waals surface area (Å²) in [6.07, 6.45) is 0. The summed E-state index contributed by atoms with van der Waals surface area (Å²) in [5.41, 5.74) is 3.24. The lowest BCUT2D eigenvalue weighted by molar-refractivity contribution is 0.400. The molecule has 0 saturated heterocycles. The molecule has 4 nitrogen and oxygen atoms in total. The second-order valence-corrected chi connectivity index (χ2v) is 8.14. The lowest BCUT2D eigenvalue weighted by Crippen LogP contribution is -1.98. The van der Waals surface area contributed by atoms with E-state index in [0.717, 1.165) is 42.4 Å². The van der Waals surface area contributed by atoms with Crippen LogP contribution in [0.1, 0.15) is 11.1 Å². The Balaban J connectivity index is 1.83. The van der Waals surface area contributed by atoms with Crippen molar-refractivity contribution in [3.63, 3.8) is 0 Å². The lowest BCUT2D eigenvalue weighted by atomic mass is 10.2. The van der Waals surface area contributed by atoms with Crippen LogP contribution < -0.4 is 9.47 Å². The zero-order valence-corrected chi connectivity index (χ0v) is 16.6. The number of hydrogen-bond acceptors (Lipinski definition) is 6. The van der Waals surface area contributed by atoms with Crippen molar-refractivity contribution in [2.75, 3.05) is 14.2 Å². The molecule has 1 heterocycles. The van der Waals surface area contributed by atoms with Crippen LogP contribution >= 0.6 is 35.3 Å². The first-order chi connectivity index (χ1) is 12.1. The summed E-state index contributed by atoms with van der Waals surface area (Å²) in [5.74, 6) is 2.39. The summed E-state index contributed by atoms with van der Waals surface area (Å²) >= 11 is 8.65. The van der Waals surface area contributed by atoms with Crippen molar-refractivity contribution in [2.24, 2.45) is 0 Å². The number of para-hydroxylation sites is 1. The molecule has 0 aliphatic carbocycles. The van der Waals surface area contributed by atoms with E-state index in [1.807, 2.05) is 41.1 Å². The Morgan fingerprint density at radius 3 is 2.68 bits per heavy atom. The quantitative estimate of drug-likeness (QED) is 0.423. The molecule has 0 atom stereocenters. The van der Waals surface area contributed by atoms with E-state index in [9.17, 15) is 0 Å². The maximum absolute atomic E-state index is 5.49. The fourth-order valence-corrected chi connectivity index (χ4v) is 4.73. The largest absolute Gasteiger partial charge is 0.497 e. The van der Waals surface area contributed by atoms with Crippen LogP contribution in [0.4, 0.5) is 0 Å². The number of aryl methyl sites for hydroxylation is 1. The van der Waals surface area contributed by atoms with Gasteiger partial charge in [0.1, 0.15) is 11.5 Å². The van der Waals surface area contributed by atoms with Gasteiger partial charge in [-0.3, -0.25) is 0 Å². The second-order valence-electron chi connectivity index (χ2n) is 5.30. The van der Waals surface area contributed by atoms with Gasteiger partial charge in [0.25, 0.3) is 0 Å². The first kappa shape index (κ1) is 18.0. The minimum atomic E-state index is 0.733. The molecule has 0 aliphatic heterocycles. The van der Waals surface area contributed by atoms with Gasteiger partial charge in [0.2, 0.25) is 0 Å². The topological polar surface area (TPSA) is 36.3 Å². The van der Waals surface area contributed by atoms with Crippen LogP contribution in [0, 0.1) is 10.9 Å². The highest BCUT2D eigenvalue weighted by Crippen LogP contribution is 2.32. The number of ether oxygens (including phenoxy) is 2. The molecule has 1 aromatic heterocycles. The van der Waals surface area contributed by atoms with Gasteiger partial charge in [-0.05, 0) is 49.0 Å². The van der Waals surface area contributed by atoms with Crippen molar-refractivity contribution in [1.29, 1.82) is 0 Å². The van der Waals surface area contributed by atoms with Crippen LogP contribution in [0.25, 0.3) is 5.69 Å². The molecule has 3 aromatic rings. The summed E-state index contributed by atoms with van der Waals surface area (Å²) in [5, 5.41) is 4.68. The number of benzene rings is 2. The molecule has 0 amide bonds. The predicted octanol–water partition coefficient (Wildman–Crippen LogP) is 5.28. The Morgan fingerprint density at radius 2 is 1.96 bits per heavy atom. The van der Waals surface area contributed by atoms with E-state index in [1.54, 1.807) is 26.0 Å². The van der Waals surface area contributed by atoms with Crippen molar-refractivity contribution >= 4 is 35.3 Å². The zero-order valence-electron chi connectivity index (χ0n) is 14.2. The highest BCUT2D eigenvalue weighted by molar-refractivity contribution is 8.00. The van der Waals surface area contributed by atoms with Gasteiger partial charge in [-0.25, -0.2) is 4.68 Å². The molecule has 2 aromatic carbocycles. The van der Waals surface area contributed by atoms with Crippen LogP contribution in [-0.2, 0) is 5.75 Å². The van der Waals surface area contributed by atoms with E-state index in [1.165, 1.54) is 11.3 Å². The fraction of sp³-hybridized carbons (Fsp3) is 0.222. The second kappa shape index (κ2) is 8.03. The molecule has 0 radical (unpaired) electrons. The van der Waals surface area contributed by atoms with Crippen molar-refractivity contribution in [2.45, 2.75) is 17.0 Å². The molecule has 0 spiro atoms. The number of rotatable bonds is 6. The minimum Gasteiger partial charge on any atom is -0.497 e. The Kier molecular flexibility index (Phi) is 5.78. The van der Waals surface area contributed by atoms with Crippen LogP contribution in [0.3, 0.4) is 0 Å². The third kappa shape index (κ3) is 4.05. The normalized spacial score (nSPS) is 10.7. The highest BCUT2D eigenvalue weighted by atomic mass is 32.2. The van der Waals surface area contributed by atoms with E-state index in [2.05, 4.69) is 18.1 Å². The number of thioether (sulfide) groups is 1. The van der Waals surface area contributed by atoms with Gasteiger partial charge in [0, 0.05) is 11.3 Å². The Hall–Kier alpha value is -1.83. The van der Waals surface area contributed by atoms with Gasteiger partial charge in [-0.15, -0.1) is 5.10 Å². The maximum atomic E-state index is 5.49. The number of nitrogens with zero attached hydrogens (tertiary/aromatic N) is 2. The van der Waals surface area contributed by atoms with Crippen molar-refractivity contribution in [3.05, 3.63) is 57.5 Å². The number of methoxy groups -OCH3 is 2. The Morgan fingerprint density at radius 1 is 1.16 bits per heavy atom.